The molecule has 0 aliphatic heterocycles. The molecule has 0 radical (unpaired) electrons. The standard InChI is InChI=1S/C13H15N3O2S/c1-8-4-5-10(6-9(8)2)11(17)7-19-13-15-14-12(18)16(13)3/h4-6H,7H2,1-3H3,(H,14,18). The van der Waals surface area contributed by atoms with Gasteiger partial charge in [0.15, 0.2) is 10.9 Å². The Labute approximate surface area is 115 Å². The molecule has 0 bridgehead atoms. The summed E-state index contributed by atoms with van der Waals surface area (Å²) in [5, 5.41) is 6.71. The van der Waals surface area contributed by atoms with Gasteiger partial charge in [0.05, 0.1) is 5.75 Å². The normalized spacial score (nSPS) is 10.7. The number of nitrogens with one attached hydrogen (secondary N) is 1. The molecule has 0 spiro atoms. The summed E-state index contributed by atoms with van der Waals surface area (Å²) in [5.74, 6) is 0.296. The molecule has 1 N–H and O–H groups in total. The minimum absolute atomic E-state index is 0.0311. The summed E-state index contributed by atoms with van der Waals surface area (Å²) in [6, 6.07) is 5.66. The van der Waals surface area contributed by atoms with E-state index < -0.39 is 0 Å². The van der Waals surface area contributed by atoms with Gasteiger partial charge in [0.25, 0.3) is 0 Å². The van der Waals surface area contributed by atoms with Crippen LogP contribution >= 0.6 is 11.8 Å². The maximum absolute atomic E-state index is 12.1. The molecule has 0 amide bonds. The van der Waals surface area contributed by atoms with Crippen LogP contribution in [0.1, 0.15) is 21.5 Å². The van der Waals surface area contributed by atoms with E-state index in [1.807, 2.05) is 32.0 Å². The SMILES string of the molecule is Cc1ccc(C(=O)CSc2n[nH]c(=O)n2C)cc1C. The van der Waals surface area contributed by atoms with Crippen LogP contribution in [0.15, 0.2) is 28.2 Å². The molecule has 5 nitrogen and oxygen atoms in total. The number of hydrogen-bond donors (Lipinski definition) is 1. The minimum Gasteiger partial charge on any atom is -0.293 e. The number of Topliss-reactive ketones (excluding diaryl/α,β-unsaturated/α-hetero) is 1. The van der Waals surface area contributed by atoms with E-state index in [0.29, 0.717) is 10.7 Å². The summed E-state index contributed by atoms with van der Waals surface area (Å²) in [4.78, 5) is 23.2. The van der Waals surface area contributed by atoms with Crippen LogP contribution in [0.25, 0.3) is 0 Å². The third-order valence-corrected chi connectivity index (χ3v) is 4.03. The molecule has 2 rings (SSSR count). The molecule has 0 aliphatic rings. The van der Waals surface area contributed by atoms with Crippen LogP contribution in [-0.4, -0.2) is 26.3 Å². The largest absolute Gasteiger partial charge is 0.343 e. The molecule has 0 fully saturated rings. The average Bonchev–Trinajstić information content (AvgIpc) is 2.70. The van der Waals surface area contributed by atoms with Crippen molar-refractivity contribution >= 4 is 17.5 Å². The minimum atomic E-state index is -0.277. The van der Waals surface area contributed by atoms with Crippen molar-refractivity contribution in [2.24, 2.45) is 7.05 Å². The molecule has 1 aromatic carbocycles. The van der Waals surface area contributed by atoms with Crippen molar-refractivity contribution < 1.29 is 4.79 Å². The Morgan fingerprint density at radius 1 is 1.37 bits per heavy atom. The van der Waals surface area contributed by atoms with E-state index in [2.05, 4.69) is 10.2 Å². The third-order valence-electron chi connectivity index (χ3n) is 3.00. The maximum Gasteiger partial charge on any atom is 0.343 e. The molecule has 6 heteroatoms. The first-order valence-electron chi connectivity index (χ1n) is 5.83. The van der Waals surface area contributed by atoms with Gasteiger partial charge in [0, 0.05) is 12.6 Å². The first-order valence-corrected chi connectivity index (χ1v) is 6.82. The number of carbonyl (C=O) groups is 1. The number of nitrogens with zero attached hydrogens (tertiary/aromatic N) is 2. The van der Waals surface area contributed by atoms with Crippen molar-refractivity contribution in [3.8, 4) is 0 Å². The molecular formula is C13H15N3O2S. The van der Waals surface area contributed by atoms with E-state index in [9.17, 15) is 9.59 Å². The quantitative estimate of drug-likeness (QED) is 0.682. The zero-order chi connectivity index (χ0) is 14.0. The van der Waals surface area contributed by atoms with Gasteiger partial charge in [0.1, 0.15) is 0 Å². The summed E-state index contributed by atoms with van der Waals surface area (Å²) in [6.45, 7) is 3.99. The van der Waals surface area contributed by atoms with Crippen LogP contribution in [0.4, 0.5) is 0 Å². The van der Waals surface area contributed by atoms with E-state index in [4.69, 9.17) is 0 Å². The fourth-order valence-corrected chi connectivity index (χ4v) is 2.40. The molecule has 1 aromatic heterocycles. The monoisotopic (exact) mass is 277 g/mol. The van der Waals surface area contributed by atoms with Gasteiger partial charge >= 0.3 is 5.69 Å². The number of aromatic nitrogens is 3. The lowest BCUT2D eigenvalue weighted by atomic mass is 10.0. The van der Waals surface area contributed by atoms with Gasteiger partial charge in [-0.3, -0.25) is 9.36 Å². The predicted molar refractivity (Wildman–Crippen MR) is 74.8 cm³/mol. The van der Waals surface area contributed by atoms with Crippen LogP contribution in [0, 0.1) is 13.8 Å². The molecule has 19 heavy (non-hydrogen) atoms. The van der Waals surface area contributed by atoms with Crippen molar-refractivity contribution in [1.29, 1.82) is 0 Å². The van der Waals surface area contributed by atoms with Crippen LogP contribution < -0.4 is 5.69 Å². The molecule has 0 aliphatic carbocycles. The van der Waals surface area contributed by atoms with E-state index in [1.54, 1.807) is 7.05 Å². The molecule has 0 saturated heterocycles. The molecule has 2 aromatic rings. The van der Waals surface area contributed by atoms with Crippen LogP contribution in [0.2, 0.25) is 0 Å². The maximum atomic E-state index is 12.1. The second-order valence-corrected chi connectivity index (χ2v) is 5.32. The highest BCUT2D eigenvalue weighted by Gasteiger charge is 2.11. The van der Waals surface area contributed by atoms with Crippen LogP contribution in [0.5, 0.6) is 0 Å². The number of benzene rings is 1. The summed E-state index contributed by atoms with van der Waals surface area (Å²) in [5.41, 5.74) is 2.68. The fourth-order valence-electron chi connectivity index (χ4n) is 1.59. The van der Waals surface area contributed by atoms with Gasteiger partial charge in [-0.25, -0.2) is 9.89 Å². The second-order valence-electron chi connectivity index (χ2n) is 4.38. The van der Waals surface area contributed by atoms with Crippen molar-refractivity contribution in [2.45, 2.75) is 19.0 Å². The smallest absolute Gasteiger partial charge is 0.293 e. The molecule has 0 saturated carbocycles. The van der Waals surface area contributed by atoms with Gasteiger partial charge in [-0.15, -0.1) is 5.10 Å². The third kappa shape index (κ3) is 2.96. The highest BCUT2D eigenvalue weighted by molar-refractivity contribution is 7.99. The molecule has 0 atom stereocenters. The van der Waals surface area contributed by atoms with Gasteiger partial charge in [-0.05, 0) is 31.0 Å². The summed E-state index contributed by atoms with van der Waals surface area (Å²) in [7, 11) is 1.62. The number of thioether (sulfide) groups is 1. The number of H-pyrrole nitrogens is 1. The summed E-state index contributed by atoms with van der Waals surface area (Å²) >= 11 is 1.25. The molecule has 0 unspecified atom stereocenters. The number of hydrogen-bond acceptors (Lipinski definition) is 4. The number of ketones is 1. The van der Waals surface area contributed by atoms with Gasteiger partial charge in [0.2, 0.25) is 0 Å². The Kier molecular flexibility index (Phi) is 3.90. The Morgan fingerprint density at radius 3 is 2.68 bits per heavy atom. The topological polar surface area (TPSA) is 67.8 Å². The van der Waals surface area contributed by atoms with Crippen molar-refractivity contribution in [3.63, 3.8) is 0 Å². The van der Waals surface area contributed by atoms with E-state index in [0.717, 1.165) is 5.56 Å². The Bertz CT molecular complexity index is 673. The first-order chi connectivity index (χ1) is 8.99. The molecule has 1 heterocycles. The lowest BCUT2D eigenvalue weighted by molar-refractivity contribution is 0.102. The second kappa shape index (κ2) is 5.44. The van der Waals surface area contributed by atoms with E-state index in [-0.39, 0.29) is 17.2 Å². The van der Waals surface area contributed by atoms with Gasteiger partial charge in [-0.2, -0.15) is 0 Å². The van der Waals surface area contributed by atoms with Gasteiger partial charge < -0.3 is 0 Å². The van der Waals surface area contributed by atoms with Crippen LogP contribution in [0.3, 0.4) is 0 Å². The first kappa shape index (κ1) is 13.6. The average molecular weight is 277 g/mol. The van der Waals surface area contributed by atoms with Crippen LogP contribution in [-0.2, 0) is 7.05 Å². The van der Waals surface area contributed by atoms with Gasteiger partial charge in [-0.1, -0.05) is 23.9 Å². The summed E-state index contributed by atoms with van der Waals surface area (Å²) in [6.07, 6.45) is 0. The fraction of sp³-hybridized carbons (Fsp3) is 0.308. The van der Waals surface area contributed by atoms with Crippen molar-refractivity contribution in [3.05, 3.63) is 45.4 Å². The lowest BCUT2D eigenvalue weighted by Crippen LogP contribution is -2.13. The number of aryl methyl sites for hydroxylation is 2. The number of carbonyl (C=O) groups excluding carboxylic acids is 1. The molecular weight excluding hydrogens is 262 g/mol. The van der Waals surface area contributed by atoms with E-state index >= 15 is 0 Å². The van der Waals surface area contributed by atoms with E-state index in [1.165, 1.54) is 21.9 Å². The zero-order valence-electron chi connectivity index (χ0n) is 11.1. The Balaban J connectivity index is 2.07. The van der Waals surface area contributed by atoms with Crippen molar-refractivity contribution in [2.75, 3.05) is 5.75 Å². The van der Waals surface area contributed by atoms with Crippen molar-refractivity contribution in [1.82, 2.24) is 14.8 Å². The predicted octanol–water partition coefficient (Wildman–Crippen LogP) is 1.70. The Hall–Kier alpha value is -1.82. The highest BCUT2D eigenvalue weighted by Crippen LogP contribution is 2.16. The highest BCUT2D eigenvalue weighted by atomic mass is 32.2. The zero-order valence-corrected chi connectivity index (χ0v) is 11.9. The summed E-state index contributed by atoms with van der Waals surface area (Å²) < 4.78 is 1.39. The Morgan fingerprint density at radius 2 is 2.11 bits per heavy atom. The number of aromatic amines is 1. The molecule has 100 valence electrons. The lowest BCUT2D eigenvalue weighted by Gasteiger charge is -2.04. The number of rotatable bonds is 4.